The fourth-order valence-corrected chi connectivity index (χ4v) is 23.4. The quantitative estimate of drug-likeness (QED) is 0.0200. The van der Waals surface area contributed by atoms with E-state index in [-0.39, 0.29) is 133 Å². The number of ether oxygens (including phenoxy) is 11. The molecular formula is C92H98N8O21S2. The van der Waals surface area contributed by atoms with Gasteiger partial charge in [-0.05, 0) is 121 Å². The van der Waals surface area contributed by atoms with E-state index in [1.165, 1.54) is 65.8 Å². The number of aryl methyl sites for hydroxylation is 2. The first-order valence-corrected chi connectivity index (χ1v) is 43.0. The number of piperazine rings is 2. The van der Waals surface area contributed by atoms with Gasteiger partial charge in [0.25, 0.3) is 0 Å². The van der Waals surface area contributed by atoms with Crippen molar-refractivity contribution in [3.05, 3.63) is 210 Å². The molecular weight excluding hydrogens is 1620 g/mol. The second-order valence-corrected chi connectivity index (χ2v) is 34.4. The molecule has 8 heterocycles. The van der Waals surface area contributed by atoms with Gasteiger partial charge in [-0.25, -0.2) is 9.59 Å². The van der Waals surface area contributed by atoms with Gasteiger partial charge in [0.15, 0.2) is 93.8 Å². The number of esters is 1. The van der Waals surface area contributed by atoms with Crippen molar-refractivity contribution in [2.24, 2.45) is 10.3 Å². The number of carboxylic acid groups (broad SMARTS) is 1. The summed E-state index contributed by atoms with van der Waals surface area (Å²) >= 11 is 3.11. The van der Waals surface area contributed by atoms with Crippen molar-refractivity contribution in [2.45, 2.75) is 137 Å². The first-order chi connectivity index (χ1) is 59.5. The topological polar surface area (TPSA) is 354 Å². The molecule has 4 bridgehead atoms. The Balaban J connectivity index is 0.000000153. The highest BCUT2D eigenvalue weighted by atomic mass is 32.2. The summed E-state index contributed by atoms with van der Waals surface area (Å²) < 4.78 is 64.0. The van der Waals surface area contributed by atoms with Crippen LogP contribution >= 0.6 is 23.5 Å². The Morgan fingerprint density at radius 2 is 0.927 bits per heavy atom. The van der Waals surface area contributed by atoms with E-state index in [0.29, 0.717) is 53.1 Å². The number of carboxylic acids is 1. The normalized spacial score (nSPS) is 26.3. The Hall–Kier alpha value is -10.8. The number of hydrogen-bond donors (Lipinski definition) is 4. The van der Waals surface area contributed by atoms with Crippen LogP contribution in [0, 0.1) is 36.5 Å². The number of Topliss-reactive ketones (excluding diaryl/α,β-unsaturated/α-hetero) is 2. The minimum absolute atomic E-state index is 0.00333. The lowest BCUT2D eigenvalue weighted by Gasteiger charge is -2.62. The third-order valence-electron chi connectivity index (χ3n) is 26.2. The number of carbonyl (C=O) groups is 4. The number of carbonyl (C=O) groups excluding carboxylic acids is 3. The summed E-state index contributed by atoms with van der Waals surface area (Å²) in [6.45, 7) is 6.06. The molecule has 6 fully saturated rings. The monoisotopic (exact) mass is 1710 g/mol. The van der Waals surface area contributed by atoms with Gasteiger partial charge in [0.1, 0.15) is 32.9 Å². The number of ketones is 2. The fraction of sp³-hybridized carbons (Fsp3) is 0.435. The smallest absolute Gasteiger partial charge is 0.357 e. The molecule has 8 aliphatic heterocycles. The van der Waals surface area contributed by atoms with E-state index in [9.17, 15) is 45.0 Å². The number of aliphatic carboxylic acids is 1. The molecule has 4 N–H and O–H groups in total. The van der Waals surface area contributed by atoms with E-state index >= 15 is 0 Å². The van der Waals surface area contributed by atoms with Crippen molar-refractivity contribution in [1.82, 2.24) is 19.6 Å². The summed E-state index contributed by atoms with van der Waals surface area (Å²) in [5.74, 6) is 2.83. The highest BCUT2D eigenvalue weighted by Crippen LogP contribution is 2.61. The summed E-state index contributed by atoms with van der Waals surface area (Å²) in [5, 5.41) is 74.2. The molecule has 0 spiro atoms. The van der Waals surface area contributed by atoms with E-state index < -0.39 is 83.6 Å². The van der Waals surface area contributed by atoms with Crippen molar-refractivity contribution < 1.29 is 101 Å². The molecule has 0 saturated carbocycles. The maximum absolute atomic E-state index is 14.5. The van der Waals surface area contributed by atoms with Crippen molar-refractivity contribution in [1.29, 1.82) is 10.5 Å². The molecule has 6 aromatic rings. The van der Waals surface area contributed by atoms with Gasteiger partial charge in [-0.15, -0.1) is 0 Å². The number of fused-ring (bicyclic) bond motifs is 22. The number of methoxy groups -OCH3 is 4. The van der Waals surface area contributed by atoms with Crippen LogP contribution in [0.15, 0.2) is 165 Å². The summed E-state index contributed by atoms with van der Waals surface area (Å²) in [6, 6.07) is 36.9. The molecule has 0 aromatic heterocycles. The number of oxime groups is 2. The Kier molecular flexibility index (Phi) is 24.5. The molecule has 12 atom stereocenters. The van der Waals surface area contributed by atoms with Crippen LogP contribution in [0.3, 0.4) is 0 Å². The zero-order chi connectivity index (χ0) is 86.8. The second-order valence-electron chi connectivity index (χ2n) is 32.3. The third-order valence-corrected chi connectivity index (χ3v) is 28.3. The van der Waals surface area contributed by atoms with Gasteiger partial charge in [-0.2, -0.15) is 34.0 Å². The van der Waals surface area contributed by atoms with Gasteiger partial charge in [0, 0.05) is 119 Å². The van der Waals surface area contributed by atoms with E-state index in [2.05, 4.69) is 122 Å². The number of benzene rings is 6. The fourth-order valence-electron chi connectivity index (χ4n) is 21.2. The largest absolute Gasteiger partial charge is 0.493 e. The second kappa shape index (κ2) is 35.1. The summed E-state index contributed by atoms with van der Waals surface area (Å²) in [4.78, 5) is 71.5. The number of piperidine rings is 2. The number of hydrogen-bond acceptors (Lipinski definition) is 30. The average molecular weight is 1720 g/mol. The van der Waals surface area contributed by atoms with Crippen LogP contribution in [0.2, 0.25) is 0 Å². The standard InChI is InChI=1S/C46H48N4O10S.C28H33N3O8.C18H17NO3S/c1-24-15-26-16-33-35(18-47)50-34(39(49(33)3)37(26)42(40(24)55-5)58-22-54-4)17-46(53)38(43-41(59-23-60-43)25(2)44(46)51)36(50)19-57-45(52)32(48-56-6)21-61-20-31-29-13-9-7-11-27(29)28-12-8-10-14-30(28)31;1-13-6-15-7-16-18(9-29)31-17(22(30(16)3)20(15)25(23(13)36-5)37-11-35-4)8-28(34)21(19(31)10-32)26-24(38-12-39-26)14(2)27(28)33;1-22-19-17(18(20)21)11-23-10-16-14-8-4-2-6-12(14)13-7-3-5-9-15(13)16/h7-15,31,33-36,39,53H,16-17,19-23H2,1-6H3;6,16-19,22,32,34H,7-8,10-12H2,1-5H3;2-9,16H,10-11H2,1H3,(H,20,21)/b48-32+;;19-17+/t33-,34?,35-,36-,39-,46+;16-,17?,18-,19-,22-,28+;/m00./s1. The average Bonchev–Trinajstić information content (AvgIpc) is 1.55. The molecule has 6 aromatic carbocycles. The van der Waals surface area contributed by atoms with E-state index in [0.717, 1.165) is 39.1 Å². The molecule has 29 nitrogen and oxygen atoms in total. The zero-order valence-corrected chi connectivity index (χ0v) is 72.0. The highest BCUT2D eigenvalue weighted by molar-refractivity contribution is 8.00. The molecule has 18 rings (SSSR count). The predicted octanol–water partition coefficient (Wildman–Crippen LogP) is 9.86. The van der Waals surface area contributed by atoms with Gasteiger partial charge < -0.3 is 82.2 Å². The molecule has 4 aliphatic carbocycles. The van der Waals surface area contributed by atoms with Gasteiger partial charge in [-0.3, -0.25) is 29.2 Å². The minimum Gasteiger partial charge on any atom is -0.493 e. The summed E-state index contributed by atoms with van der Waals surface area (Å²) in [6.07, 6.45) is 0.952. The molecule has 123 heavy (non-hydrogen) atoms. The first kappa shape index (κ1) is 85.8. The Morgan fingerprint density at radius 1 is 0.545 bits per heavy atom. The molecule has 0 radical (unpaired) electrons. The molecule has 31 heteroatoms. The maximum atomic E-state index is 14.5. The van der Waals surface area contributed by atoms with Crippen LogP contribution in [-0.4, -0.2) is 255 Å². The number of nitrogens with zero attached hydrogens (tertiary/aromatic N) is 8. The van der Waals surface area contributed by atoms with Crippen LogP contribution < -0.4 is 18.9 Å². The molecule has 6 saturated heterocycles. The summed E-state index contributed by atoms with van der Waals surface area (Å²) in [7, 11) is 12.9. The number of rotatable bonds is 23. The summed E-state index contributed by atoms with van der Waals surface area (Å²) in [5.41, 5.74) is 12.6. The zero-order valence-electron chi connectivity index (χ0n) is 70.3. The van der Waals surface area contributed by atoms with Crippen LogP contribution in [-0.2, 0) is 74.9 Å². The molecule has 644 valence electrons. The molecule has 12 aliphatic rings. The lowest BCUT2D eigenvalue weighted by atomic mass is 9.65. The Bertz CT molecular complexity index is 5450. The highest BCUT2D eigenvalue weighted by Gasteiger charge is 2.67. The van der Waals surface area contributed by atoms with Gasteiger partial charge in [-0.1, -0.05) is 120 Å². The lowest BCUT2D eigenvalue weighted by Crippen LogP contribution is -2.74. The predicted molar refractivity (Wildman–Crippen MR) is 453 cm³/mol. The Labute approximate surface area is 720 Å². The van der Waals surface area contributed by atoms with E-state index in [4.69, 9.17) is 62.0 Å². The third kappa shape index (κ3) is 14.3. The Morgan fingerprint density at radius 3 is 1.31 bits per heavy atom. The number of thioether (sulfide) groups is 2. The van der Waals surface area contributed by atoms with Crippen molar-refractivity contribution in [3.8, 4) is 57.4 Å². The van der Waals surface area contributed by atoms with Crippen LogP contribution in [0.4, 0.5) is 0 Å². The maximum Gasteiger partial charge on any atom is 0.357 e. The number of nitriles is 2. The minimum atomic E-state index is -2.09. The lowest BCUT2D eigenvalue weighted by molar-refractivity contribution is -0.155. The van der Waals surface area contributed by atoms with Crippen LogP contribution in [0.1, 0.15) is 106 Å². The van der Waals surface area contributed by atoms with E-state index in [1.807, 2.05) is 62.0 Å². The number of aliphatic hydroxyl groups excluding tert-OH is 1. The van der Waals surface area contributed by atoms with Crippen LogP contribution in [0.25, 0.3) is 22.3 Å². The van der Waals surface area contributed by atoms with Crippen molar-refractivity contribution in [2.75, 3.05) is 120 Å². The molecule has 2 unspecified atom stereocenters. The van der Waals surface area contributed by atoms with Crippen molar-refractivity contribution in [3.63, 3.8) is 0 Å². The van der Waals surface area contributed by atoms with Gasteiger partial charge in [0.05, 0.1) is 57.1 Å². The van der Waals surface area contributed by atoms with Crippen LogP contribution in [0.5, 0.6) is 23.0 Å². The van der Waals surface area contributed by atoms with Crippen molar-refractivity contribution >= 4 is 58.5 Å². The van der Waals surface area contributed by atoms with Gasteiger partial charge >= 0.3 is 11.9 Å². The van der Waals surface area contributed by atoms with E-state index in [1.54, 1.807) is 58.7 Å². The SMILES string of the molecule is CO/N=C(\CSCC1c2ccccc2-c2ccccc21)C(=O)O.COCOc1c(OC)c(C)cc2c1[C@@H]1C3C[C@]4(O)C(=O)C(C)=C5OCOC5=C4[C@H](CO)N3[C@@H](C#N)[C@H](C2)N1C.COCOc1c(OC)c(C)cc2c1[C@@H]1C3C[C@]4(O)C(=O)C(C)=C5OCOC5=C4[C@H](COC(=O)/C(CSCC4c5ccccc5-c5ccccc54)=N/OC)N3[C@@H](C#N)[C@H](C2)N1C. The number of aliphatic hydroxyl groups is 3. The first-order valence-electron chi connectivity index (χ1n) is 40.7. The number of likely N-dealkylation sites (N-methyl/N-ethyl adjacent to an activating group) is 2. The van der Waals surface area contributed by atoms with Gasteiger partial charge in [0.2, 0.25) is 13.6 Å². The molecule has 0 amide bonds.